The molecule has 8 heteroatoms. The van der Waals surface area contributed by atoms with E-state index in [-0.39, 0.29) is 5.91 Å². The fraction of sp³-hybridized carbons (Fsp3) is 0.167. The first-order valence-corrected chi connectivity index (χ1v) is 8.94. The molecular formula is C18H18N6OS. The molecule has 0 unspecified atom stereocenters. The van der Waals surface area contributed by atoms with Crippen molar-refractivity contribution in [3.63, 3.8) is 0 Å². The van der Waals surface area contributed by atoms with Gasteiger partial charge in [-0.15, -0.1) is 10.2 Å². The van der Waals surface area contributed by atoms with Crippen LogP contribution in [-0.4, -0.2) is 31.4 Å². The standard InChI is InChI=1S/C18H18N6OS/c1-13(16-5-3-4-10-19-16)21-22-17(25)15-8-6-14(7-9-15)11-26-18-23-20-12-24(18)2/h3-10,12H,11H2,1-2H3,(H,22,25)/b21-13-. The molecule has 1 N–H and O–H groups in total. The number of hydrogen-bond acceptors (Lipinski definition) is 6. The molecule has 0 aliphatic heterocycles. The lowest BCUT2D eigenvalue weighted by atomic mass is 10.1. The monoisotopic (exact) mass is 366 g/mol. The van der Waals surface area contributed by atoms with Gasteiger partial charge in [0, 0.05) is 24.6 Å². The molecule has 0 aliphatic carbocycles. The quantitative estimate of drug-likeness (QED) is 0.412. The van der Waals surface area contributed by atoms with Crippen LogP contribution in [-0.2, 0) is 12.8 Å². The number of hydrazone groups is 1. The number of thioether (sulfide) groups is 1. The predicted molar refractivity (Wildman–Crippen MR) is 101 cm³/mol. The van der Waals surface area contributed by atoms with Gasteiger partial charge in [-0.25, -0.2) is 5.43 Å². The van der Waals surface area contributed by atoms with E-state index in [1.54, 1.807) is 43.3 Å². The molecule has 1 aromatic carbocycles. The Labute approximate surface area is 155 Å². The molecule has 7 nitrogen and oxygen atoms in total. The van der Waals surface area contributed by atoms with Gasteiger partial charge in [0.25, 0.3) is 5.91 Å². The molecule has 0 fully saturated rings. The van der Waals surface area contributed by atoms with Crippen LogP contribution in [0.4, 0.5) is 0 Å². The van der Waals surface area contributed by atoms with E-state index >= 15 is 0 Å². The van der Waals surface area contributed by atoms with Gasteiger partial charge >= 0.3 is 0 Å². The Morgan fingerprint density at radius 1 is 1.23 bits per heavy atom. The highest BCUT2D eigenvalue weighted by Crippen LogP contribution is 2.20. The lowest BCUT2D eigenvalue weighted by Gasteiger charge is -2.04. The summed E-state index contributed by atoms with van der Waals surface area (Å²) in [5.74, 6) is 0.499. The van der Waals surface area contributed by atoms with Crippen molar-refractivity contribution in [2.45, 2.75) is 17.8 Å². The SMILES string of the molecule is C/C(=N/NC(=O)c1ccc(CSc2nncn2C)cc1)c1ccccn1. The van der Waals surface area contributed by atoms with E-state index in [2.05, 4.69) is 25.7 Å². The highest BCUT2D eigenvalue weighted by Gasteiger charge is 2.07. The van der Waals surface area contributed by atoms with E-state index in [9.17, 15) is 4.79 Å². The number of aromatic nitrogens is 4. The first kappa shape index (κ1) is 17.8. The van der Waals surface area contributed by atoms with Crippen molar-refractivity contribution in [1.82, 2.24) is 25.2 Å². The van der Waals surface area contributed by atoms with Crippen LogP contribution in [0.3, 0.4) is 0 Å². The van der Waals surface area contributed by atoms with Gasteiger partial charge in [-0.2, -0.15) is 5.10 Å². The van der Waals surface area contributed by atoms with Crippen molar-refractivity contribution < 1.29 is 4.79 Å². The van der Waals surface area contributed by atoms with E-state index in [0.717, 1.165) is 22.2 Å². The molecule has 0 atom stereocenters. The Bertz CT molecular complexity index is 905. The van der Waals surface area contributed by atoms with Crippen molar-refractivity contribution in [2.24, 2.45) is 12.1 Å². The summed E-state index contributed by atoms with van der Waals surface area (Å²) in [4.78, 5) is 16.4. The van der Waals surface area contributed by atoms with Crippen LogP contribution in [0.2, 0.25) is 0 Å². The smallest absolute Gasteiger partial charge is 0.271 e. The minimum absolute atomic E-state index is 0.257. The van der Waals surface area contributed by atoms with Crippen LogP contribution < -0.4 is 5.43 Å². The van der Waals surface area contributed by atoms with Crippen LogP contribution in [0.15, 0.2) is 65.2 Å². The Hall–Kier alpha value is -3.00. The van der Waals surface area contributed by atoms with Gasteiger partial charge in [0.15, 0.2) is 5.16 Å². The number of aryl methyl sites for hydroxylation is 1. The van der Waals surface area contributed by atoms with E-state index in [0.29, 0.717) is 11.3 Å². The second-order valence-corrected chi connectivity index (χ2v) is 6.51. The topological polar surface area (TPSA) is 85.1 Å². The Morgan fingerprint density at radius 3 is 2.69 bits per heavy atom. The molecule has 0 saturated heterocycles. The van der Waals surface area contributed by atoms with Crippen LogP contribution in [0.5, 0.6) is 0 Å². The highest BCUT2D eigenvalue weighted by molar-refractivity contribution is 7.98. The van der Waals surface area contributed by atoms with Gasteiger partial charge in [-0.05, 0) is 36.8 Å². The Kier molecular flexibility index (Phi) is 5.75. The third-order valence-electron chi connectivity index (χ3n) is 3.61. The average molecular weight is 366 g/mol. The lowest BCUT2D eigenvalue weighted by Crippen LogP contribution is -2.19. The maximum Gasteiger partial charge on any atom is 0.271 e. The maximum absolute atomic E-state index is 12.2. The van der Waals surface area contributed by atoms with Gasteiger partial charge in [0.2, 0.25) is 0 Å². The Balaban J connectivity index is 1.57. The first-order chi connectivity index (χ1) is 12.6. The zero-order chi connectivity index (χ0) is 18.4. The number of nitrogens with zero attached hydrogens (tertiary/aromatic N) is 5. The number of amides is 1. The molecule has 0 spiro atoms. The van der Waals surface area contributed by atoms with Gasteiger partial charge in [-0.3, -0.25) is 9.78 Å². The third-order valence-corrected chi connectivity index (χ3v) is 4.72. The fourth-order valence-corrected chi connectivity index (χ4v) is 2.98. The maximum atomic E-state index is 12.2. The van der Waals surface area contributed by atoms with Crippen molar-refractivity contribution in [2.75, 3.05) is 0 Å². The zero-order valence-corrected chi connectivity index (χ0v) is 15.3. The molecule has 1 amide bonds. The number of pyridine rings is 1. The summed E-state index contributed by atoms with van der Waals surface area (Å²) < 4.78 is 1.87. The highest BCUT2D eigenvalue weighted by atomic mass is 32.2. The van der Waals surface area contributed by atoms with E-state index < -0.39 is 0 Å². The van der Waals surface area contributed by atoms with E-state index in [1.807, 2.05) is 41.9 Å². The summed E-state index contributed by atoms with van der Waals surface area (Å²) >= 11 is 1.59. The number of nitrogens with one attached hydrogen (secondary N) is 1. The molecule has 0 saturated carbocycles. The van der Waals surface area contributed by atoms with Crippen molar-refractivity contribution in [3.8, 4) is 0 Å². The van der Waals surface area contributed by atoms with E-state index in [1.165, 1.54) is 0 Å². The number of carbonyl (C=O) groups excluding carboxylic acids is 1. The van der Waals surface area contributed by atoms with Gasteiger partial charge in [0.05, 0.1) is 11.4 Å². The molecule has 0 radical (unpaired) electrons. The largest absolute Gasteiger partial charge is 0.312 e. The summed E-state index contributed by atoms with van der Waals surface area (Å²) in [6.07, 6.45) is 3.36. The van der Waals surface area contributed by atoms with Gasteiger partial charge in [0.1, 0.15) is 6.33 Å². The van der Waals surface area contributed by atoms with Crippen LogP contribution in [0, 0.1) is 0 Å². The minimum atomic E-state index is -0.257. The van der Waals surface area contributed by atoms with Gasteiger partial charge in [-0.1, -0.05) is 30.0 Å². The number of carbonyl (C=O) groups is 1. The average Bonchev–Trinajstić information content (AvgIpc) is 3.10. The lowest BCUT2D eigenvalue weighted by molar-refractivity contribution is 0.0955. The molecule has 2 heterocycles. The normalized spacial score (nSPS) is 11.4. The van der Waals surface area contributed by atoms with Crippen LogP contribution >= 0.6 is 11.8 Å². The molecule has 132 valence electrons. The molecule has 3 rings (SSSR count). The molecule has 26 heavy (non-hydrogen) atoms. The molecule has 0 bridgehead atoms. The Morgan fingerprint density at radius 2 is 2.04 bits per heavy atom. The van der Waals surface area contributed by atoms with Crippen LogP contribution in [0.25, 0.3) is 0 Å². The summed E-state index contributed by atoms with van der Waals surface area (Å²) in [5.41, 5.74) is 5.59. The first-order valence-electron chi connectivity index (χ1n) is 7.95. The second-order valence-electron chi connectivity index (χ2n) is 5.56. The summed E-state index contributed by atoms with van der Waals surface area (Å²) in [5, 5.41) is 12.8. The predicted octanol–water partition coefficient (Wildman–Crippen LogP) is 2.66. The summed E-state index contributed by atoms with van der Waals surface area (Å²) in [7, 11) is 1.91. The molecular weight excluding hydrogens is 348 g/mol. The fourth-order valence-electron chi connectivity index (χ4n) is 2.14. The van der Waals surface area contributed by atoms with Crippen molar-refractivity contribution in [3.05, 3.63) is 71.8 Å². The van der Waals surface area contributed by atoms with Crippen molar-refractivity contribution >= 4 is 23.4 Å². The second kappa shape index (κ2) is 8.39. The van der Waals surface area contributed by atoms with Gasteiger partial charge < -0.3 is 4.57 Å². The number of rotatable bonds is 6. The minimum Gasteiger partial charge on any atom is -0.312 e. The zero-order valence-electron chi connectivity index (χ0n) is 14.5. The summed E-state index contributed by atoms with van der Waals surface area (Å²) in [6, 6.07) is 13.0. The number of benzene rings is 1. The molecule has 2 aromatic heterocycles. The van der Waals surface area contributed by atoms with Crippen molar-refractivity contribution in [1.29, 1.82) is 0 Å². The van der Waals surface area contributed by atoms with E-state index in [4.69, 9.17) is 0 Å². The molecule has 3 aromatic rings. The third kappa shape index (κ3) is 4.54. The number of hydrogen-bond donors (Lipinski definition) is 1. The molecule has 0 aliphatic rings. The van der Waals surface area contributed by atoms with Crippen LogP contribution in [0.1, 0.15) is 28.5 Å². The summed E-state index contributed by atoms with van der Waals surface area (Å²) in [6.45, 7) is 1.80.